The molecule has 0 fully saturated rings. The number of rotatable bonds is 6. The zero-order valence-corrected chi connectivity index (χ0v) is 14.6. The number of nitriles is 1. The molecule has 0 aliphatic heterocycles. The minimum Gasteiger partial charge on any atom is -0.497 e. The Morgan fingerprint density at radius 2 is 1.92 bits per heavy atom. The van der Waals surface area contributed by atoms with Crippen molar-refractivity contribution in [2.24, 2.45) is 0 Å². The van der Waals surface area contributed by atoms with E-state index >= 15 is 0 Å². The maximum absolute atomic E-state index is 9.04. The van der Waals surface area contributed by atoms with Crippen LogP contribution in [-0.4, -0.2) is 24.2 Å². The molecule has 3 rings (SSSR count). The summed E-state index contributed by atoms with van der Waals surface area (Å²) >= 11 is 0. The number of ether oxygens (including phenoxy) is 2. The minimum atomic E-state index is 0.544. The van der Waals surface area contributed by atoms with E-state index in [2.05, 4.69) is 21.4 Å². The molecule has 0 aliphatic rings. The van der Waals surface area contributed by atoms with Crippen LogP contribution in [0, 0.1) is 11.3 Å². The summed E-state index contributed by atoms with van der Waals surface area (Å²) < 4.78 is 10.6. The molecule has 0 unspecified atom stereocenters. The Kier molecular flexibility index (Phi) is 5.30. The summed E-state index contributed by atoms with van der Waals surface area (Å²) in [6.45, 7) is 0.544. The van der Waals surface area contributed by atoms with Crippen LogP contribution in [0.1, 0.15) is 11.1 Å². The lowest BCUT2D eigenvalue weighted by Crippen LogP contribution is -2.04. The molecule has 26 heavy (non-hydrogen) atoms. The van der Waals surface area contributed by atoms with Crippen LogP contribution in [-0.2, 0) is 6.54 Å². The first-order chi connectivity index (χ1) is 12.7. The third-order valence-corrected chi connectivity index (χ3v) is 3.91. The minimum absolute atomic E-state index is 0.544. The number of hydrogen-bond donors (Lipinski definition) is 1. The average Bonchev–Trinajstić information content (AvgIpc) is 2.72. The molecule has 0 saturated carbocycles. The molecule has 3 aromatic rings. The second-order valence-electron chi connectivity index (χ2n) is 5.51. The van der Waals surface area contributed by atoms with Crippen molar-refractivity contribution in [1.82, 2.24) is 9.97 Å². The highest BCUT2D eigenvalue weighted by Gasteiger charge is 2.07. The summed E-state index contributed by atoms with van der Waals surface area (Å²) in [5, 5.41) is 12.3. The first-order valence-electron chi connectivity index (χ1n) is 8.01. The first kappa shape index (κ1) is 17.2. The molecule has 1 N–H and O–H groups in total. The van der Waals surface area contributed by atoms with Gasteiger partial charge in [0.1, 0.15) is 23.6 Å². The molecule has 0 saturated heterocycles. The second-order valence-corrected chi connectivity index (χ2v) is 5.51. The second kappa shape index (κ2) is 7.99. The van der Waals surface area contributed by atoms with Crippen LogP contribution in [0.25, 0.3) is 11.3 Å². The molecule has 1 heterocycles. The normalized spacial score (nSPS) is 10.0. The average molecular weight is 346 g/mol. The van der Waals surface area contributed by atoms with E-state index < -0.39 is 0 Å². The molecule has 6 nitrogen and oxygen atoms in total. The quantitative estimate of drug-likeness (QED) is 0.734. The van der Waals surface area contributed by atoms with E-state index in [0.29, 0.717) is 17.9 Å². The molecule has 0 atom stereocenters. The van der Waals surface area contributed by atoms with Crippen molar-refractivity contribution in [2.75, 3.05) is 19.5 Å². The Balaban J connectivity index is 1.78. The Morgan fingerprint density at radius 1 is 1.04 bits per heavy atom. The van der Waals surface area contributed by atoms with Gasteiger partial charge in [0.05, 0.1) is 31.5 Å². The summed E-state index contributed by atoms with van der Waals surface area (Å²) in [6, 6.07) is 17.0. The zero-order valence-electron chi connectivity index (χ0n) is 14.6. The number of anilines is 1. The van der Waals surface area contributed by atoms with Crippen LogP contribution in [0.5, 0.6) is 11.5 Å². The van der Waals surface area contributed by atoms with Gasteiger partial charge in [0, 0.05) is 29.8 Å². The van der Waals surface area contributed by atoms with Gasteiger partial charge in [-0.25, -0.2) is 9.97 Å². The fourth-order valence-electron chi connectivity index (χ4n) is 2.54. The van der Waals surface area contributed by atoms with Crippen molar-refractivity contribution in [1.29, 1.82) is 5.26 Å². The molecule has 130 valence electrons. The van der Waals surface area contributed by atoms with Gasteiger partial charge in [-0.05, 0) is 24.3 Å². The van der Waals surface area contributed by atoms with E-state index in [1.807, 2.05) is 36.4 Å². The summed E-state index contributed by atoms with van der Waals surface area (Å²) in [7, 11) is 3.25. The maximum Gasteiger partial charge on any atom is 0.130 e. The Hall–Kier alpha value is -3.59. The van der Waals surface area contributed by atoms with Gasteiger partial charge in [0.25, 0.3) is 0 Å². The van der Waals surface area contributed by atoms with E-state index in [4.69, 9.17) is 14.7 Å². The predicted octanol–water partition coefficient (Wildman–Crippen LogP) is 3.64. The topological polar surface area (TPSA) is 80.1 Å². The van der Waals surface area contributed by atoms with Gasteiger partial charge >= 0.3 is 0 Å². The lowest BCUT2D eigenvalue weighted by molar-refractivity contribution is 0.391. The molecule has 6 heteroatoms. The number of nitrogens with zero attached hydrogens (tertiary/aromatic N) is 3. The van der Waals surface area contributed by atoms with Crippen LogP contribution in [0.4, 0.5) is 5.82 Å². The van der Waals surface area contributed by atoms with Crippen molar-refractivity contribution in [2.45, 2.75) is 6.54 Å². The number of benzene rings is 2. The summed E-state index contributed by atoms with van der Waals surface area (Å²) in [6.07, 6.45) is 1.50. The predicted molar refractivity (Wildman–Crippen MR) is 99.1 cm³/mol. The van der Waals surface area contributed by atoms with E-state index in [1.54, 1.807) is 26.4 Å². The molecule has 0 amide bonds. The first-order valence-corrected chi connectivity index (χ1v) is 8.01. The van der Waals surface area contributed by atoms with Gasteiger partial charge in [-0.2, -0.15) is 5.26 Å². The largest absolute Gasteiger partial charge is 0.497 e. The lowest BCUT2D eigenvalue weighted by Gasteiger charge is -2.12. The summed E-state index contributed by atoms with van der Waals surface area (Å²) in [5.74, 6) is 2.18. The molecule has 0 spiro atoms. The highest BCUT2D eigenvalue weighted by atomic mass is 16.5. The van der Waals surface area contributed by atoms with Gasteiger partial charge in [-0.3, -0.25) is 0 Å². The van der Waals surface area contributed by atoms with Gasteiger partial charge in [-0.15, -0.1) is 0 Å². The monoisotopic (exact) mass is 346 g/mol. The number of methoxy groups -OCH3 is 2. The highest BCUT2D eigenvalue weighted by Crippen LogP contribution is 2.26. The van der Waals surface area contributed by atoms with Crippen LogP contribution in [0.15, 0.2) is 54.9 Å². The van der Waals surface area contributed by atoms with Crippen molar-refractivity contribution < 1.29 is 9.47 Å². The third kappa shape index (κ3) is 3.90. The fourth-order valence-corrected chi connectivity index (χ4v) is 2.54. The molecule has 2 aromatic carbocycles. The molecular weight excluding hydrogens is 328 g/mol. The Morgan fingerprint density at radius 3 is 2.69 bits per heavy atom. The SMILES string of the molecule is COc1ccc(CNc2cc(-c3cccc(C#N)c3)ncn2)c(OC)c1. The van der Waals surface area contributed by atoms with Crippen molar-refractivity contribution >= 4 is 5.82 Å². The van der Waals surface area contributed by atoms with E-state index in [9.17, 15) is 0 Å². The highest BCUT2D eigenvalue weighted by molar-refractivity contribution is 5.64. The van der Waals surface area contributed by atoms with Crippen molar-refractivity contribution in [3.05, 3.63) is 66.0 Å². The number of aromatic nitrogens is 2. The molecule has 0 bridgehead atoms. The van der Waals surface area contributed by atoms with Gasteiger partial charge < -0.3 is 14.8 Å². The molecule has 0 aliphatic carbocycles. The van der Waals surface area contributed by atoms with Crippen LogP contribution >= 0.6 is 0 Å². The Bertz CT molecular complexity index is 951. The van der Waals surface area contributed by atoms with E-state index in [-0.39, 0.29) is 0 Å². The fraction of sp³-hybridized carbons (Fsp3) is 0.150. The lowest BCUT2D eigenvalue weighted by atomic mass is 10.1. The zero-order chi connectivity index (χ0) is 18.4. The summed E-state index contributed by atoms with van der Waals surface area (Å²) in [5.41, 5.74) is 3.20. The van der Waals surface area contributed by atoms with E-state index in [1.165, 1.54) is 6.33 Å². The van der Waals surface area contributed by atoms with Gasteiger partial charge in [-0.1, -0.05) is 12.1 Å². The Labute approximate surface area is 152 Å². The maximum atomic E-state index is 9.04. The van der Waals surface area contributed by atoms with Crippen molar-refractivity contribution in [3.63, 3.8) is 0 Å². The smallest absolute Gasteiger partial charge is 0.130 e. The summed E-state index contributed by atoms with van der Waals surface area (Å²) in [4.78, 5) is 8.55. The number of nitrogens with one attached hydrogen (secondary N) is 1. The molecule has 0 radical (unpaired) electrons. The third-order valence-electron chi connectivity index (χ3n) is 3.91. The van der Waals surface area contributed by atoms with E-state index in [0.717, 1.165) is 28.3 Å². The van der Waals surface area contributed by atoms with Crippen LogP contribution in [0.3, 0.4) is 0 Å². The molecule has 1 aromatic heterocycles. The van der Waals surface area contributed by atoms with Crippen LogP contribution in [0.2, 0.25) is 0 Å². The van der Waals surface area contributed by atoms with Gasteiger partial charge in [0.2, 0.25) is 0 Å². The van der Waals surface area contributed by atoms with Gasteiger partial charge in [0.15, 0.2) is 0 Å². The molecular formula is C20H18N4O2. The van der Waals surface area contributed by atoms with Crippen molar-refractivity contribution in [3.8, 4) is 28.8 Å². The standard InChI is InChI=1S/C20H18N4O2/c1-25-17-7-6-16(19(9-17)26-2)12-22-20-10-18(23-13-24-20)15-5-3-4-14(8-15)11-21/h3-10,13H,12H2,1-2H3,(H,22,23,24). The number of hydrogen-bond acceptors (Lipinski definition) is 6. The van der Waals surface area contributed by atoms with Crippen LogP contribution < -0.4 is 14.8 Å².